The van der Waals surface area contributed by atoms with Gasteiger partial charge in [-0.2, -0.15) is 0 Å². The second-order valence-corrected chi connectivity index (χ2v) is 11.3. The van der Waals surface area contributed by atoms with Crippen molar-refractivity contribution >= 4 is 27.6 Å². The molecule has 1 fully saturated rings. The molecule has 0 spiro atoms. The molecule has 1 aliphatic heterocycles. The van der Waals surface area contributed by atoms with Crippen LogP contribution in [0.1, 0.15) is 45.0 Å². The Hall–Kier alpha value is -1.75. The van der Waals surface area contributed by atoms with Gasteiger partial charge < -0.3 is 14.8 Å². The molecule has 3 rings (SSSR count). The average molecular weight is 484 g/mol. The Kier molecular flexibility index (Phi) is 8.13. The second kappa shape index (κ2) is 10.5. The van der Waals surface area contributed by atoms with E-state index in [2.05, 4.69) is 38.7 Å². The van der Waals surface area contributed by atoms with Crippen molar-refractivity contribution in [2.45, 2.75) is 52.1 Å². The molecule has 11 heteroatoms. The Labute approximate surface area is 196 Å². The molecule has 0 saturated carbocycles. The lowest BCUT2D eigenvalue weighted by Crippen LogP contribution is -2.43. The van der Waals surface area contributed by atoms with E-state index in [9.17, 15) is 8.42 Å². The summed E-state index contributed by atoms with van der Waals surface area (Å²) in [5, 5.41) is 3.83. The summed E-state index contributed by atoms with van der Waals surface area (Å²) in [6.07, 6.45) is 5.44. The molecule has 2 aromatic heterocycles. The Morgan fingerprint density at radius 3 is 2.53 bits per heavy atom. The Bertz CT molecular complexity index is 1020. The lowest BCUT2D eigenvalue weighted by atomic mass is 10.1. The van der Waals surface area contributed by atoms with Gasteiger partial charge in [-0.1, -0.05) is 11.6 Å². The molecule has 9 nitrogen and oxygen atoms in total. The predicted octanol–water partition coefficient (Wildman–Crippen LogP) is 3.04. The summed E-state index contributed by atoms with van der Waals surface area (Å²) in [5.74, 6) is 1.58. The minimum atomic E-state index is -3.21. The fourth-order valence-corrected chi connectivity index (χ4v) is 5.76. The minimum Gasteiger partial charge on any atom is -0.351 e. The first-order valence-electron chi connectivity index (χ1n) is 11.0. The third kappa shape index (κ3) is 5.98. The molecule has 0 radical (unpaired) electrons. The van der Waals surface area contributed by atoms with Gasteiger partial charge >= 0.3 is 0 Å². The van der Waals surface area contributed by atoms with Crippen LogP contribution in [0.15, 0.2) is 12.4 Å². The van der Waals surface area contributed by atoms with Crippen molar-refractivity contribution in [1.29, 1.82) is 0 Å². The standard InChI is InChI=1S/C21H34ClN7O2S/c1-15(2)29-16(3)23-14-19(29)20-18(22)13-24-21(26-20)25-17-7-10-28(11-8-17)32(30,31)12-6-9-27(4)5/h13-15,17H,6-12H2,1-5H3,(H,24,25,26). The molecule has 32 heavy (non-hydrogen) atoms. The highest BCUT2D eigenvalue weighted by Gasteiger charge is 2.28. The van der Waals surface area contributed by atoms with Gasteiger partial charge in [-0.15, -0.1) is 0 Å². The van der Waals surface area contributed by atoms with Crippen molar-refractivity contribution in [1.82, 2.24) is 28.7 Å². The Morgan fingerprint density at radius 2 is 1.91 bits per heavy atom. The molecule has 0 aromatic carbocycles. The number of halogens is 1. The molecular weight excluding hydrogens is 450 g/mol. The third-order valence-corrected chi connectivity index (χ3v) is 7.91. The molecule has 0 aliphatic carbocycles. The van der Waals surface area contributed by atoms with Gasteiger partial charge in [-0.25, -0.2) is 27.7 Å². The minimum absolute atomic E-state index is 0.106. The van der Waals surface area contributed by atoms with E-state index in [1.54, 1.807) is 16.7 Å². The summed E-state index contributed by atoms with van der Waals surface area (Å²) in [6, 6.07) is 0.327. The van der Waals surface area contributed by atoms with Crippen LogP contribution in [0.2, 0.25) is 5.02 Å². The molecule has 0 amide bonds. The van der Waals surface area contributed by atoms with Gasteiger partial charge in [-0.05, 0) is 60.7 Å². The Balaban J connectivity index is 1.64. The van der Waals surface area contributed by atoms with Crippen LogP contribution in [-0.4, -0.2) is 82.7 Å². The molecule has 3 heterocycles. The molecule has 1 aliphatic rings. The first kappa shape index (κ1) is 24.9. The van der Waals surface area contributed by atoms with Crippen molar-refractivity contribution in [2.24, 2.45) is 0 Å². The van der Waals surface area contributed by atoms with Crippen LogP contribution in [0.4, 0.5) is 5.95 Å². The van der Waals surface area contributed by atoms with Crippen LogP contribution in [0.5, 0.6) is 0 Å². The third-order valence-electron chi connectivity index (χ3n) is 5.67. The van der Waals surface area contributed by atoms with Crippen LogP contribution in [-0.2, 0) is 10.0 Å². The maximum Gasteiger partial charge on any atom is 0.223 e. The topological polar surface area (TPSA) is 96.2 Å². The van der Waals surface area contributed by atoms with Crippen molar-refractivity contribution < 1.29 is 8.42 Å². The van der Waals surface area contributed by atoms with E-state index < -0.39 is 10.0 Å². The fourth-order valence-electron chi connectivity index (χ4n) is 4.05. The SMILES string of the molecule is Cc1ncc(-c2nc(NC3CCN(S(=O)(=O)CCCN(C)C)CC3)ncc2Cl)n1C(C)C. The van der Waals surface area contributed by atoms with Crippen molar-refractivity contribution in [3.05, 3.63) is 23.2 Å². The van der Waals surface area contributed by atoms with E-state index in [1.807, 2.05) is 25.9 Å². The number of imidazole rings is 1. The second-order valence-electron chi connectivity index (χ2n) is 8.84. The molecule has 0 atom stereocenters. The van der Waals surface area contributed by atoms with E-state index in [0.29, 0.717) is 49.0 Å². The molecular formula is C21H34ClN7O2S. The lowest BCUT2D eigenvalue weighted by Gasteiger charge is -2.31. The highest BCUT2D eigenvalue weighted by Crippen LogP contribution is 2.29. The zero-order valence-electron chi connectivity index (χ0n) is 19.5. The average Bonchev–Trinajstić information content (AvgIpc) is 3.11. The van der Waals surface area contributed by atoms with Crippen molar-refractivity contribution in [3.63, 3.8) is 0 Å². The number of nitrogens with zero attached hydrogens (tertiary/aromatic N) is 6. The summed E-state index contributed by atoms with van der Waals surface area (Å²) in [5.41, 5.74) is 1.49. The number of piperidine rings is 1. The van der Waals surface area contributed by atoms with Crippen molar-refractivity contribution in [3.8, 4) is 11.4 Å². The molecule has 2 aromatic rings. The smallest absolute Gasteiger partial charge is 0.223 e. The quantitative estimate of drug-likeness (QED) is 0.585. The zero-order chi connectivity index (χ0) is 23.5. The highest BCUT2D eigenvalue weighted by atomic mass is 35.5. The van der Waals surface area contributed by atoms with Gasteiger partial charge in [0.2, 0.25) is 16.0 Å². The highest BCUT2D eigenvalue weighted by molar-refractivity contribution is 7.89. The summed E-state index contributed by atoms with van der Waals surface area (Å²) in [4.78, 5) is 15.4. The maximum atomic E-state index is 12.6. The summed E-state index contributed by atoms with van der Waals surface area (Å²) in [7, 11) is 0.687. The van der Waals surface area contributed by atoms with Crippen LogP contribution in [0.3, 0.4) is 0 Å². The summed E-state index contributed by atoms with van der Waals surface area (Å²) >= 11 is 6.42. The number of nitrogens with one attached hydrogen (secondary N) is 1. The predicted molar refractivity (Wildman–Crippen MR) is 129 cm³/mol. The number of aromatic nitrogens is 4. The number of aryl methyl sites for hydroxylation is 1. The van der Waals surface area contributed by atoms with Crippen LogP contribution in [0.25, 0.3) is 11.4 Å². The maximum absolute atomic E-state index is 12.6. The first-order valence-corrected chi connectivity index (χ1v) is 13.0. The number of sulfonamides is 1. The van der Waals surface area contributed by atoms with Gasteiger partial charge in [0, 0.05) is 25.2 Å². The first-order chi connectivity index (χ1) is 15.1. The number of hydrogen-bond acceptors (Lipinski definition) is 7. The van der Waals surface area contributed by atoms with Gasteiger partial charge in [0.25, 0.3) is 0 Å². The molecule has 178 valence electrons. The fraction of sp³-hybridized carbons (Fsp3) is 0.667. The van der Waals surface area contributed by atoms with Crippen molar-refractivity contribution in [2.75, 3.05) is 44.8 Å². The molecule has 0 unspecified atom stereocenters. The van der Waals surface area contributed by atoms with E-state index in [0.717, 1.165) is 18.1 Å². The molecule has 1 N–H and O–H groups in total. The Morgan fingerprint density at radius 1 is 1.22 bits per heavy atom. The summed E-state index contributed by atoms with van der Waals surface area (Å²) < 4.78 is 28.9. The lowest BCUT2D eigenvalue weighted by molar-refractivity contribution is 0.327. The van der Waals surface area contributed by atoms with Gasteiger partial charge in [0.1, 0.15) is 11.5 Å². The number of rotatable bonds is 9. The largest absolute Gasteiger partial charge is 0.351 e. The summed E-state index contributed by atoms with van der Waals surface area (Å²) in [6.45, 7) is 7.91. The van der Waals surface area contributed by atoms with Crippen LogP contribution in [0, 0.1) is 6.92 Å². The number of hydrogen-bond donors (Lipinski definition) is 1. The molecule has 1 saturated heterocycles. The monoisotopic (exact) mass is 483 g/mol. The normalized spacial score (nSPS) is 16.2. The number of anilines is 1. The van der Waals surface area contributed by atoms with Gasteiger partial charge in [0.05, 0.1) is 28.9 Å². The van der Waals surface area contributed by atoms with E-state index in [1.165, 1.54) is 0 Å². The van der Waals surface area contributed by atoms with Gasteiger partial charge in [-0.3, -0.25) is 0 Å². The van der Waals surface area contributed by atoms with Gasteiger partial charge in [0.15, 0.2) is 0 Å². The van der Waals surface area contributed by atoms with Crippen LogP contribution < -0.4 is 5.32 Å². The zero-order valence-corrected chi connectivity index (χ0v) is 21.1. The van der Waals surface area contributed by atoms with Crippen LogP contribution >= 0.6 is 11.6 Å². The van der Waals surface area contributed by atoms with E-state index in [4.69, 9.17) is 11.6 Å². The molecule has 0 bridgehead atoms. The van der Waals surface area contributed by atoms with E-state index in [-0.39, 0.29) is 17.8 Å². The van der Waals surface area contributed by atoms with E-state index >= 15 is 0 Å².